The molecule has 6 heteroatoms. The molecule has 1 atom stereocenters. The molecular formula is C27H23ClO5. The van der Waals surface area contributed by atoms with Gasteiger partial charge in [0.2, 0.25) is 11.2 Å². The Morgan fingerprint density at radius 3 is 2.42 bits per heavy atom. The molecule has 1 aromatic heterocycles. The van der Waals surface area contributed by atoms with Gasteiger partial charge in [-0.1, -0.05) is 54.9 Å². The monoisotopic (exact) mass is 462 g/mol. The largest absolute Gasteiger partial charge is 0.471 e. The lowest BCUT2D eigenvalue weighted by Crippen LogP contribution is -2.28. The number of hydrogen-bond acceptors (Lipinski definition) is 5. The van der Waals surface area contributed by atoms with Gasteiger partial charge < -0.3 is 13.9 Å². The van der Waals surface area contributed by atoms with Gasteiger partial charge in [0.25, 0.3) is 0 Å². The fraction of sp³-hybridized carbons (Fsp3) is 0.185. The molecule has 4 aromatic rings. The molecule has 33 heavy (non-hydrogen) atoms. The van der Waals surface area contributed by atoms with Crippen LogP contribution in [0.2, 0.25) is 5.02 Å². The molecule has 0 spiro atoms. The summed E-state index contributed by atoms with van der Waals surface area (Å²) in [7, 11) is 0. The normalized spacial score (nSPS) is 11.8. The van der Waals surface area contributed by atoms with Crippen molar-refractivity contribution in [3.8, 4) is 17.1 Å². The fourth-order valence-corrected chi connectivity index (χ4v) is 3.54. The second-order valence-corrected chi connectivity index (χ2v) is 8.07. The first kappa shape index (κ1) is 22.6. The van der Waals surface area contributed by atoms with Gasteiger partial charge >= 0.3 is 5.97 Å². The van der Waals surface area contributed by atoms with E-state index in [-0.39, 0.29) is 23.5 Å². The van der Waals surface area contributed by atoms with Crippen LogP contribution in [-0.2, 0) is 22.6 Å². The molecule has 0 fully saturated rings. The van der Waals surface area contributed by atoms with Gasteiger partial charge in [-0.15, -0.1) is 0 Å². The maximum atomic E-state index is 13.4. The van der Waals surface area contributed by atoms with E-state index in [1.807, 2.05) is 43.3 Å². The van der Waals surface area contributed by atoms with Crippen molar-refractivity contribution in [2.24, 2.45) is 0 Å². The zero-order chi connectivity index (χ0) is 23.4. The summed E-state index contributed by atoms with van der Waals surface area (Å²) in [6, 6.07) is 21.7. The SMILES string of the molecule is CCc1ccc2oc(-c3ccc(Cl)cc3)c(OC(C)C(=O)OCc3ccccc3)c(=O)c2c1. The number of halogens is 1. The minimum absolute atomic E-state index is 0.0396. The van der Waals surface area contributed by atoms with Crippen LogP contribution < -0.4 is 10.2 Å². The van der Waals surface area contributed by atoms with Gasteiger partial charge in [-0.3, -0.25) is 4.79 Å². The number of benzene rings is 3. The predicted octanol–water partition coefficient (Wildman–Crippen LogP) is 6.19. The van der Waals surface area contributed by atoms with E-state index in [2.05, 4.69) is 0 Å². The number of ether oxygens (including phenoxy) is 2. The van der Waals surface area contributed by atoms with E-state index in [9.17, 15) is 9.59 Å². The first-order chi connectivity index (χ1) is 16.0. The Bertz CT molecular complexity index is 1330. The molecule has 0 bridgehead atoms. The van der Waals surface area contributed by atoms with E-state index in [1.165, 1.54) is 0 Å². The van der Waals surface area contributed by atoms with Crippen molar-refractivity contribution >= 4 is 28.5 Å². The van der Waals surface area contributed by atoms with Crippen molar-refractivity contribution in [1.29, 1.82) is 0 Å². The maximum absolute atomic E-state index is 13.4. The molecule has 0 aliphatic carbocycles. The molecule has 0 saturated heterocycles. The zero-order valence-corrected chi connectivity index (χ0v) is 19.1. The van der Waals surface area contributed by atoms with Crippen molar-refractivity contribution < 1.29 is 18.7 Å². The molecule has 4 rings (SSSR count). The van der Waals surface area contributed by atoms with Crippen LogP contribution in [-0.4, -0.2) is 12.1 Å². The van der Waals surface area contributed by atoms with E-state index >= 15 is 0 Å². The van der Waals surface area contributed by atoms with E-state index < -0.39 is 12.1 Å². The average Bonchev–Trinajstić information content (AvgIpc) is 2.85. The molecule has 168 valence electrons. The van der Waals surface area contributed by atoms with Crippen LogP contribution in [0.25, 0.3) is 22.3 Å². The van der Waals surface area contributed by atoms with Gasteiger partial charge in [-0.25, -0.2) is 4.79 Å². The highest BCUT2D eigenvalue weighted by molar-refractivity contribution is 6.30. The minimum atomic E-state index is -1.02. The first-order valence-electron chi connectivity index (χ1n) is 10.7. The van der Waals surface area contributed by atoms with Crippen LogP contribution in [0.4, 0.5) is 0 Å². The van der Waals surface area contributed by atoms with Crippen molar-refractivity contribution in [3.63, 3.8) is 0 Å². The van der Waals surface area contributed by atoms with Gasteiger partial charge in [0.1, 0.15) is 12.2 Å². The second-order valence-electron chi connectivity index (χ2n) is 7.63. The predicted molar refractivity (Wildman–Crippen MR) is 129 cm³/mol. The Balaban J connectivity index is 1.70. The Kier molecular flexibility index (Phi) is 6.80. The number of rotatable bonds is 7. The van der Waals surface area contributed by atoms with Gasteiger partial charge in [0.05, 0.1) is 5.39 Å². The molecule has 0 N–H and O–H groups in total. The van der Waals surface area contributed by atoms with Crippen LogP contribution in [0, 0.1) is 0 Å². The summed E-state index contributed by atoms with van der Waals surface area (Å²) in [4.78, 5) is 26.0. The number of carbonyl (C=O) groups excluding carboxylic acids is 1. The lowest BCUT2D eigenvalue weighted by Gasteiger charge is -2.16. The minimum Gasteiger partial charge on any atom is -0.471 e. The molecular weight excluding hydrogens is 440 g/mol. The third kappa shape index (κ3) is 5.10. The third-order valence-corrected chi connectivity index (χ3v) is 5.53. The van der Waals surface area contributed by atoms with E-state index in [4.69, 9.17) is 25.5 Å². The quantitative estimate of drug-likeness (QED) is 0.306. The average molecular weight is 463 g/mol. The number of carbonyl (C=O) groups is 1. The molecule has 1 heterocycles. The standard InChI is InChI=1S/C27H23ClO5/c1-3-18-9-14-23-22(15-18)24(29)26(25(33-23)20-10-12-21(28)13-11-20)32-17(2)27(30)31-16-19-7-5-4-6-8-19/h4-15,17H,3,16H2,1-2H3. The summed E-state index contributed by atoms with van der Waals surface area (Å²) in [5.41, 5.74) is 2.55. The molecule has 0 saturated carbocycles. The molecule has 0 radical (unpaired) electrons. The summed E-state index contributed by atoms with van der Waals surface area (Å²) in [6.45, 7) is 3.67. The van der Waals surface area contributed by atoms with Crippen molar-refractivity contribution in [3.05, 3.63) is 99.2 Å². The maximum Gasteiger partial charge on any atom is 0.347 e. The van der Waals surface area contributed by atoms with Crippen molar-refractivity contribution in [2.45, 2.75) is 33.0 Å². The molecule has 5 nitrogen and oxygen atoms in total. The number of fused-ring (bicyclic) bond motifs is 1. The number of esters is 1. The molecule has 1 unspecified atom stereocenters. The van der Waals surface area contributed by atoms with Gasteiger partial charge in [-0.2, -0.15) is 0 Å². The zero-order valence-electron chi connectivity index (χ0n) is 18.3. The molecule has 0 aliphatic rings. The van der Waals surface area contributed by atoms with E-state index in [1.54, 1.807) is 43.3 Å². The fourth-order valence-electron chi connectivity index (χ4n) is 3.41. The van der Waals surface area contributed by atoms with E-state index in [0.717, 1.165) is 17.5 Å². The van der Waals surface area contributed by atoms with Gasteiger partial charge in [0, 0.05) is 10.6 Å². The summed E-state index contributed by atoms with van der Waals surface area (Å²) in [6.07, 6.45) is -0.248. The van der Waals surface area contributed by atoms with Crippen molar-refractivity contribution in [2.75, 3.05) is 0 Å². The Hall–Kier alpha value is -3.57. The highest BCUT2D eigenvalue weighted by Crippen LogP contribution is 2.32. The smallest absolute Gasteiger partial charge is 0.347 e. The van der Waals surface area contributed by atoms with Crippen LogP contribution >= 0.6 is 11.6 Å². The van der Waals surface area contributed by atoms with Crippen molar-refractivity contribution in [1.82, 2.24) is 0 Å². The third-order valence-electron chi connectivity index (χ3n) is 5.28. The second kappa shape index (κ2) is 9.92. The van der Waals surface area contributed by atoms with Crippen LogP contribution in [0.5, 0.6) is 5.75 Å². The summed E-state index contributed by atoms with van der Waals surface area (Å²) in [5, 5.41) is 0.946. The molecule has 0 aliphatic heterocycles. The van der Waals surface area contributed by atoms with Gasteiger partial charge in [-0.05, 0) is 60.9 Å². The summed E-state index contributed by atoms with van der Waals surface area (Å²) in [5.74, 6) is -0.388. The summed E-state index contributed by atoms with van der Waals surface area (Å²) >= 11 is 6.03. The van der Waals surface area contributed by atoms with Crippen LogP contribution in [0.3, 0.4) is 0 Å². The lowest BCUT2D eigenvalue weighted by molar-refractivity contribution is -0.152. The van der Waals surface area contributed by atoms with Crippen LogP contribution in [0.1, 0.15) is 25.0 Å². The first-order valence-corrected chi connectivity index (χ1v) is 11.1. The molecule has 0 amide bonds. The van der Waals surface area contributed by atoms with Crippen LogP contribution in [0.15, 0.2) is 82.0 Å². The lowest BCUT2D eigenvalue weighted by atomic mass is 10.1. The number of hydrogen-bond donors (Lipinski definition) is 0. The highest BCUT2D eigenvalue weighted by atomic mass is 35.5. The highest BCUT2D eigenvalue weighted by Gasteiger charge is 2.24. The van der Waals surface area contributed by atoms with Gasteiger partial charge in [0.15, 0.2) is 11.9 Å². The number of aryl methyl sites for hydroxylation is 1. The van der Waals surface area contributed by atoms with E-state index in [0.29, 0.717) is 21.6 Å². The summed E-state index contributed by atoms with van der Waals surface area (Å²) < 4.78 is 17.3. The topological polar surface area (TPSA) is 65.7 Å². The Labute approximate surface area is 196 Å². The Morgan fingerprint density at radius 2 is 1.73 bits per heavy atom. The molecule has 3 aromatic carbocycles. The Morgan fingerprint density at radius 1 is 1.00 bits per heavy atom.